The molecule has 1 aromatic carbocycles. The number of allylic oxidation sites excluding steroid dienone is 2. The zero-order valence-corrected chi connectivity index (χ0v) is 10.7. The lowest BCUT2D eigenvalue weighted by atomic mass is 9.96. The lowest BCUT2D eigenvalue weighted by Gasteiger charge is -2.09. The van der Waals surface area contributed by atoms with Crippen molar-refractivity contribution in [3.8, 4) is 0 Å². The van der Waals surface area contributed by atoms with Gasteiger partial charge in [0.05, 0.1) is 0 Å². The van der Waals surface area contributed by atoms with Crippen LogP contribution in [-0.4, -0.2) is 5.91 Å². The fourth-order valence-corrected chi connectivity index (χ4v) is 1.90. The summed E-state index contributed by atoms with van der Waals surface area (Å²) in [6.45, 7) is 4.28. The molecular weight excluding hydrogens is 210 g/mol. The molecule has 0 atom stereocenters. The molecule has 0 heterocycles. The molecule has 0 aliphatic carbocycles. The molecule has 0 aliphatic rings. The van der Waals surface area contributed by atoms with Gasteiger partial charge < -0.3 is 5.73 Å². The van der Waals surface area contributed by atoms with Gasteiger partial charge in [0.2, 0.25) is 5.91 Å². The van der Waals surface area contributed by atoms with Gasteiger partial charge in [-0.2, -0.15) is 0 Å². The van der Waals surface area contributed by atoms with Crippen LogP contribution >= 0.6 is 0 Å². The van der Waals surface area contributed by atoms with Crippen molar-refractivity contribution < 1.29 is 4.79 Å². The van der Waals surface area contributed by atoms with Crippen LogP contribution in [0.5, 0.6) is 0 Å². The second kappa shape index (κ2) is 6.89. The van der Waals surface area contributed by atoms with Gasteiger partial charge >= 0.3 is 0 Å². The molecule has 0 saturated carbocycles. The molecule has 0 fully saturated rings. The molecule has 0 aromatic heterocycles. The zero-order valence-electron chi connectivity index (χ0n) is 10.7. The Morgan fingerprint density at radius 1 is 1.24 bits per heavy atom. The Bertz CT molecular complexity index is 407. The maximum Gasteiger partial charge on any atom is 0.249 e. The summed E-state index contributed by atoms with van der Waals surface area (Å²) in [5.41, 5.74) is 8.22. The first-order valence-corrected chi connectivity index (χ1v) is 6.28. The summed E-state index contributed by atoms with van der Waals surface area (Å²) in [5, 5.41) is 0. The first-order valence-electron chi connectivity index (χ1n) is 6.28. The molecule has 2 nitrogen and oxygen atoms in total. The predicted molar refractivity (Wildman–Crippen MR) is 72.8 cm³/mol. The summed E-state index contributed by atoms with van der Waals surface area (Å²) in [6, 6.07) is 7.57. The Morgan fingerprint density at radius 2 is 1.88 bits per heavy atom. The van der Waals surface area contributed by atoms with E-state index in [1.807, 2.05) is 18.2 Å². The number of carbonyl (C=O) groups is 1. The smallest absolute Gasteiger partial charge is 0.249 e. The van der Waals surface area contributed by atoms with Gasteiger partial charge in [-0.1, -0.05) is 51.0 Å². The van der Waals surface area contributed by atoms with Gasteiger partial charge in [0.25, 0.3) is 0 Å². The molecule has 0 aliphatic heterocycles. The average Bonchev–Trinajstić information content (AvgIpc) is 2.35. The standard InChI is InChI=1S/C15H21NO/c1-3-5-6-9-12(4-2)13-10-7-8-11-14(13)15(16)17/h7-11H,3-6H2,1-2H3,(H2,16,17). The van der Waals surface area contributed by atoms with Crippen LogP contribution in [0.4, 0.5) is 0 Å². The number of hydrogen-bond donors (Lipinski definition) is 1. The minimum atomic E-state index is -0.351. The van der Waals surface area contributed by atoms with Gasteiger partial charge in [-0.05, 0) is 30.0 Å². The Hall–Kier alpha value is -1.57. The summed E-state index contributed by atoms with van der Waals surface area (Å²) >= 11 is 0. The van der Waals surface area contributed by atoms with E-state index >= 15 is 0 Å². The van der Waals surface area contributed by atoms with Crippen LogP contribution < -0.4 is 5.73 Å². The molecule has 2 heteroatoms. The third kappa shape index (κ3) is 3.74. The van der Waals surface area contributed by atoms with Crippen molar-refractivity contribution in [1.29, 1.82) is 0 Å². The Labute approximate surface area is 104 Å². The SMILES string of the molecule is CCCCC=C(CC)c1ccccc1C(N)=O. The van der Waals surface area contributed by atoms with Crippen molar-refractivity contribution >= 4 is 11.5 Å². The zero-order chi connectivity index (χ0) is 12.7. The second-order valence-electron chi connectivity index (χ2n) is 4.13. The van der Waals surface area contributed by atoms with E-state index in [4.69, 9.17) is 5.73 Å². The molecule has 1 amide bonds. The molecule has 0 unspecified atom stereocenters. The molecule has 1 aromatic rings. The van der Waals surface area contributed by atoms with Crippen LogP contribution in [-0.2, 0) is 0 Å². The quantitative estimate of drug-likeness (QED) is 0.744. The van der Waals surface area contributed by atoms with Gasteiger partial charge in [0.15, 0.2) is 0 Å². The number of rotatable bonds is 6. The molecule has 0 radical (unpaired) electrons. The van der Waals surface area contributed by atoms with Crippen LogP contribution in [0.25, 0.3) is 5.57 Å². The fraction of sp³-hybridized carbons (Fsp3) is 0.400. The molecule has 1 rings (SSSR count). The minimum Gasteiger partial charge on any atom is -0.366 e. The molecule has 0 saturated heterocycles. The monoisotopic (exact) mass is 231 g/mol. The van der Waals surface area contributed by atoms with Crippen molar-refractivity contribution in [3.05, 3.63) is 41.5 Å². The number of amides is 1. The fourth-order valence-electron chi connectivity index (χ4n) is 1.90. The maximum atomic E-state index is 11.4. The second-order valence-corrected chi connectivity index (χ2v) is 4.13. The van der Waals surface area contributed by atoms with E-state index in [1.165, 1.54) is 18.4 Å². The lowest BCUT2D eigenvalue weighted by Crippen LogP contribution is -2.13. The third-order valence-electron chi connectivity index (χ3n) is 2.87. The van der Waals surface area contributed by atoms with Gasteiger partial charge in [0.1, 0.15) is 0 Å². The highest BCUT2D eigenvalue weighted by Crippen LogP contribution is 2.23. The number of unbranched alkanes of at least 4 members (excludes halogenated alkanes) is 2. The number of nitrogens with two attached hydrogens (primary N) is 1. The Balaban J connectivity index is 3.03. The summed E-state index contributed by atoms with van der Waals surface area (Å²) in [5.74, 6) is -0.351. The summed E-state index contributed by atoms with van der Waals surface area (Å²) in [7, 11) is 0. The van der Waals surface area contributed by atoms with E-state index in [9.17, 15) is 4.79 Å². The molecule has 0 spiro atoms. The summed E-state index contributed by atoms with van der Waals surface area (Å²) < 4.78 is 0. The molecule has 17 heavy (non-hydrogen) atoms. The van der Waals surface area contributed by atoms with Gasteiger partial charge in [-0.3, -0.25) is 4.79 Å². The van der Waals surface area contributed by atoms with Crippen molar-refractivity contribution in [2.24, 2.45) is 5.73 Å². The van der Waals surface area contributed by atoms with E-state index in [1.54, 1.807) is 6.07 Å². The first kappa shape index (κ1) is 13.5. The maximum absolute atomic E-state index is 11.4. The van der Waals surface area contributed by atoms with Crippen molar-refractivity contribution in [2.45, 2.75) is 39.5 Å². The van der Waals surface area contributed by atoms with Crippen molar-refractivity contribution in [2.75, 3.05) is 0 Å². The number of hydrogen-bond acceptors (Lipinski definition) is 1. The molecular formula is C15H21NO. The van der Waals surface area contributed by atoms with Crippen LogP contribution in [0.3, 0.4) is 0 Å². The number of carbonyl (C=O) groups excluding carboxylic acids is 1. The van der Waals surface area contributed by atoms with E-state index in [2.05, 4.69) is 19.9 Å². The van der Waals surface area contributed by atoms with Crippen LogP contribution in [0.1, 0.15) is 55.5 Å². The number of primary amides is 1. The lowest BCUT2D eigenvalue weighted by molar-refractivity contribution is 0.1000. The van der Waals surface area contributed by atoms with E-state index < -0.39 is 0 Å². The minimum absolute atomic E-state index is 0.351. The normalized spacial score (nSPS) is 11.5. The Morgan fingerprint density at radius 3 is 2.41 bits per heavy atom. The van der Waals surface area contributed by atoms with Crippen LogP contribution in [0, 0.1) is 0 Å². The highest BCUT2D eigenvalue weighted by atomic mass is 16.1. The van der Waals surface area contributed by atoms with Crippen molar-refractivity contribution in [3.63, 3.8) is 0 Å². The molecule has 2 N–H and O–H groups in total. The highest BCUT2D eigenvalue weighted by Gasteiger charge is 2.09. The van der Waals surface area contributed by atoms with Crippen LogP contribution in [0.15, 0.2) is 30.3 Å². The van der Waals surface area contributed by atoms with E-state index in [0.717, 1.165) is 18.4 Å². The summed E-state index contributed by atoms with van der Waals surface area (Å²) in [4.78, 5) is 11.4. The summed E-state index contributed by atoms with van der Waals surface area (Å²) in [6.07, 6.45) is 6.58. The van der Waals surface area contributed by atoms with E-state index in [-0.39, 0.29) is 5.91 Å². The predicted octanol–water partition coefficient (Wildman–Crippen LogP) is 3.77. The van der Waals surface area contributed by atoms with E-state index in [0.29, 0.717) is 5.56 Å². The topological polar surface area (TPSA) is 43.1 Å². The largest absolute Gasteiger partial charge is 0.366 e. The molecule has 0 bridgehead atoms. The first-order chi connectivity index (χ1) is 8.20. The highest BCUT2D eigenvalue weighted by molar-refractivity contribution is 5.98. The Kier molecular flexibility index (Phi) is 5.47. The third-order valence-corrected chi connectivity index (χ3v) is 2.87. The molecule has 92 valence electrons. The van der Waals surface area contributed by atoms with Crippen molar-refractivity contribution in [1.82, 2.24) is 0 Å². The number of benzene rings is 1. The van der Waals surface area contributed by atoms with Crippen LogP contribution in [0.2, 0.25) is 0 Å². The van der Waals surface area contributed by atoms with Gasteiger partial charge in [-0.25, -0.2) is 0 Å². The van der Waals surface area contributed by atoms with Gasteiger partial charge in [-0.15, -0.1) is 0 Å². The van der Waals surface area contributed by atoms with Gasteiger partial charge in [0, 0.05) is 5.56 Å². The average molecular weight is 231 g/mol.